The molecule has 1 heterocycles. The van der Waals surface area contributed by atoms with Gasteiger partial charge in [-0.1, -0.05) is 121 Å². The largest absolute Gasteiger partial charge is 1.00 e. The Morgan fingerprint density at radius 2 is 0.688 bits per heavy atom. The molecule has 0 saturated carbocycles. The van der Waals surface area contributed by atoms with Crippen molar-refractivity contribution in [1.29, 1.82) is 0 Å². The molecule has 4 heteroatoms. The van der Waals surface area contributed by atoms with Crippen molar-refractivity contribution in [3.63, 3.8) is 0 Å². The van der Waals surface area contributed by atoms with Crippen LogP contribution in [0.2, 0.25) is 0 Å². The molecule has 1 saturated heterocycles. The molecule has 2 atom stereocenters. The van der Waals surface area contributed by atoms with E-state index in [1.54, 1.807) is 0 Å². The number of rotatable bonds is 6. The van der Waals surface area contributed by atoms with E-state index >= 15 is 0 Å². The predicted octanol–water partition coefficient (Wildman–Crippen LogP) is 2.38. The van der Waals surface area contributed by atoms with Gasteiger partial charge < -0.3 is 5.32 Å². The standard InChI is InChI=1S/C28H26NP2.Rb/c1-5-13-23(14-6-1)30(24-15-7-2-8-16-24)27-21-29-22-28(27)31(25-17-9-3-10-18-25)26-19-11-4-12-20-26;/h1-20,27-28H,21-22H2;/q-1;+1. The minimum Gasteiger partial charge on any atom is -0.661 e. The summed E-state index contributed by atoms with van der Waals surface area (Å²) in [6.07, 6.45) is 0. The molecule has 0 spiro atoms. The Hall–Kier alpha value is -0.495. The van der Waals surface area contributed by atoms with Gasteiger partial charge in [-0.2, -0.15) is 0 Å². The Morgan fingerprint density at radius 3 is 0.938 bits per heavy atom. The Bertz CT molecular complexity index is 909. The van der Waals surface area contributed by atoms with Crippen LogP contribution in [0.1, 0.15) is 0 Å². The van der Waals surface area contributed by atoms with Crippen molar-refractivity contribution in [3.05, 3.63) is 127 Å². The first-order chi connectivity index (χ1) is 15.4. The van der Waals surface area contributed by atoms with Crippen LogP contribution < -0.4 is 79.4 Å². The van der Waals surface area contributed by atoms with Crippen LogP contribution in [0, 0.1) is 0 Å². The smallest absolute Gasteiger partial charge is 0.661 e. The molecule has 2 unspecified atom stereocenters. The maximum absolute atomic E-state index is 5.02. The molecule has 0 N–H and O–H groups in total. The first kappa shape index (κ1) is 24.6. The van der Waals surface area contributed by atoms with E-state index in [-0.39, 0.29) is 58.2 Å². The molecular weight excluding hydrogens is 498 g/mol. The van der Waals surface area contributed by atoms with E-state index in [2.05, 4.69) is 121 Å². The molecule has 154 valence electrons. The van der Waals surface area contributed by atoms with Crippen molar-refractivity contribution in [2.75, 3.05) is 13.1 Å². The molecule has 4 aromatic rings. The summed E-state index contributed by atoms with van der Waals surface area (Å²) in [7, 11) is -0.964. The Labute approximate surface area is 243 Å². The van der Waals surface area contributed by atoms with Gasteiger partial charge >= 0.3 is 58.2 Å². The van der Waals surface area contributed by atoms with E-state index < -0.39 is 15.8 Å². The minimum absolute atomic E-state index is 0. The van der Waals surface area contributed by atoms with E-state index in [9.17, 15) is 0 Å². The monoisotopic (exact) mass is 523 g/mol. The third kappa shape index (κ3) is 5.59. The second-order valence-corrected chi connectivity index (χ2v) is 12.7. The van der Waals surface area contributed by atoms with Gasteiger partial charge in [0.1, 0.15) is 0 Å². The summed E-state index contributed by atoms with van der Waals surface area (Å²) in [4.78, 5) is 0. The van der Waals surface area contributed by atoms with E-state index in [4.69, 9.17) is 5.32 Å². The number of hydrogen-bond acceptors (Lipinski definition) is 0. The summed E-state index contributed by atoms with van der Waals surface area (Å²) >= 11 is 0. The average molecular weight is 524 g/mol. The van der Waals surface area contributed by atoms with Gasteiger partial charge in [0.25, 0.3) is 0 Å². The van der Waals surface area contributed by atoms with E-state index in [1.165, 1.54) is 21.2 Å². The Balaban J connectivity index is 0.00000245. The van der Waals surface area contributed by atoms with Gasteiger partial charge in [0.15, 0.2) is 0 Å². The van der Waals surface area contributed by atoms with Crippen LogP contribution in [0.5, 0.6) is 0 Å². The molecule has 1 fully saturated rings. The van der Waals surface area contributed by atoms with Crippen molar-refractivity contribution in [3.8, 4) is 0 Å². The summed E-state index contributed by atoms with van der Waals surface area (Å²) in [6, 6.07) is 44.6. The van der Waals surface area contributed by atoms with E-state index in [0.717, 1.165) is 13.1 Å². The summed E-state index contributed by atoms with van der Waals surface area (Å²) in [5.74, 6) is 0. The summed E-state index contributed by atoms with van der Waals surface area (Å²) in [5, 5.41) is 10.9. The van der Waals surface area contributed by atoms with Crippen molar-refractivity contribution >= 4 is 37.1 Å². The fourth-order valence-electron chi connectivity index (χ4n) is 4.51. The van der Waals surface area contributed by atoms with Gasteiger partial charge in [-0.15, -0.1) is 13.1 Å². The normalized spacial score (nSPS) is 17.9. The van der Waals surface area contributed by atoms with E-state index in [0.29, 0.717) is 11.3 Å². The van der Waals surface area contributed by atoms with Crippen molar-refractivity contribution < 1.29 is 58.2 Å². The van der Waals surface area contributed by atoms with Gasteiger partial charge in [-0.05, 0) is 48.4 Å². The van der Waals surface area contributed by atoms with Crippen LogP contribution in [0.15, 0.2) is 121 Å². The second-order valence-electron chi connectivity index (χ2n) is 7.81. The zero-order chi connectivity index (χ0) is 20.9. The van der Waals surface area contributed by atoms with Gasteiger partial charge in [-0.3, -0.25) is 0 Å². The summed E-state index contributed by atoms with van der Waals surface area (Å²) in [6.45, 7) is 1.91. The van der Waals surface area contributed by atoms with Gasteiger partial charge in [0, 0.05) is 0 Å². The molecule has 1 aliphatic heterocycles. The molecule has 0 amide bonds. The summed E-state index contributed by atoms with van der Waals surface area (Å²) in [5.41, 5.74) is 1.10. The number of nitrogens with zero attached hydrogens (tertiary/aromatic N) is 1. The van der Waals surface area contributed by atoms with Crippen molar-refractivity contribution in [2.24, 2.45) is 0 Å². The predicted molar refractivity (Wildman–Crippen MR) is 139 cm³/mol. The molecular formula is C28H26NP2Rb. The minimum atomic E-state index is -0.482. The van der Waals surface area contributed by atoms with Gasteiger partial charge in [0.2, 0.25) is 0 Å². The molecule has 0 aliphatic carbocycles. The van der Waals surface area contributed by atoms with Crippen LogP contribution in [-0.4, -0.2) is 24.4 Å². The number of hydrogen-bond donors (Lipinski definition) is 0. The first-order valence-electron chi connectivity index (χ1n) is 10.8. The van der Waals surface area contributed by atoms with Crippen LogP contribution in [-0.2, 0) is 0 Å². The molecule has 4 aromatic carbocycles. The van der Waals surface area contributed by atoms with Crippen LogP contribution in [0.4, 0.5) is 0 Å². The number of benzene rings is 4. The van der Waals surface area contributed by atoms with Crippen LogP contribution in [0.25, 0.3) is 5.32 Å². The van der Waals surface area contributed by atoms with E-state index in [1.807, 2.05) is 0 Å². The second kappa shape index (κ2) is 12.3. The zero-order valence-corrected chi connectivity index (χ0v) is 25.2. The van der Waals surface area contributed by atoms with Crippen LogP contribution in [0.3, 0.4) is 0 Å². The van der Waals surface area contributed by atoms with Gasteiger partial charge in [0.05, 0.1) is 0 Å². The third-order valence-electron chi connectivity index (χ3n) is 5.88. The SMILES string of the molecule is [Rb+].c1ccc(P(c2ccccc2)C2C[N-]CC2P(c2ccccc2)c2ccccc2)cc1. The maximum Gasteiger partial charge on any atom is 1.00 e. The van der Waals surface area contributed by atoms with Crippen molar-refractivity contribution in [1.82, 2.24) is 0 Å². The van der Waals surface area contributed by atoms with Gasteiger partial charge in [-0.25, -0.2) is 0 Å². The van der Waals surface area contributed by atoms with Crippen LogP contribution >= 0.6 is 15.8 Å². The molecule has 0 bridgehead atoms. The molecule has 0 radical (unpaired) electrons. The quantitative estimate of drug-likeness (QED) is 0.345. The first-order valence-corrected chi connectivity index (χ1v) is 13.7. The zero-order valence-electron chi connectivity index (χ0n) is 18.5. The molecule has 1 aliphatic rings. The molecule has 0 aromatic heterocycles. The fourth-order valence-corrected chi connectivity index (χ4v) is 10.8. The average Bonchev–Trinajstić information content (AvgIpc) is 3.31. The molecule has 5 rings (SSSR count). The molecule has 32 heavy (non-hydrogen) atoms. The van der Waals surface area contributed by atoms with Crippen molar-refractivity contribution in [2.45, 2.75) is 11.3 Å². The maximum atomic E-state index is 5.02. The Morgan fingerprint density at radius 1 is 0.438 bits per heavy atom. The third-order valence-corrected chi connectivity index (χ3v) is 11.9. The molecule has 1 nitrogen and oxygen atoms in total. The fraction of sp³-hybridized carbons (Fsp3) is 0.143. The Kier molecular flexibility index (Phi) is 9.45. The topological polar surface area (TPSA) is 14.1 Å². The summed E-state index contributed by atoms with van der Waals surface area (Å²) < 4.78 is 0.